The second-order valence-corrected chi connectivity index (χ2v) is 5.84. The second kappa shape index (κ2) is 5.98. The fraction of sp³-hybridized carbons (Fsp3) is 0.444. The van der Waals surface area contributed by atoms with Crippen LogP contribution in [0.5, 0.6) is 0 Å². The van der Waals surface area contributed by atoms with Gasteiger partial charge < -0.3 is 5.32 Å². The largest absolute Gasteiger partial charge is 0.368 e. The van der Waals surface area contributed by atoms with E-state index in [0.29, 0.717) is 23.4 Å². The average Bonchev–Trinajstić information content (AvgIpc) is 2.86. The maximum atomic E-state index is 11.5. The average molecular weight is 300 g/mol. The summed E-state index contributed by atoms with van der Waals surface area (Å²) in [5.74, 6) is 5.88. The molecule has 0 radical (unpaired) electrons. The quantitative estimate of drug-likeness (QED) is 0.322. The van der Waals surface area contributed by atoms with Gasteiger partial charge in [0.05, 0.1) is 17.3 Å². The number of H-pyrrole nitrogens is 1. The zero-order chi connectivity index (χ0) is 14.6. The van der Waals surface area contributed by atoms with Crippen molar-refractivity contribution in [1.29, 1.82) is 0 Å². The zero-order valence-corrected chi connectivity index (χ0v) is 11.7. The Bertz CT molecular complexity index is 682. The summed E-state index contributed by atoms with van der Waals surface area (Å²) in [4.78, 5) is 8.19. The van der Waals surface area contributed by atoms with Gasteiger partial charge in [-0.25, -0.2) is 19.0 Å². The lowest BCUT2D eigenvalue weighted by Crippen LogP contribution is -2.29. The Balaban J connectivity index is 2.11. The number of anilines is 2. The molecule has 10 nitrogen and oxygen atoms in total. The first-order valence-corrected chi connectivity index (χ1v) is 7.60. The number of nitrogen functional groups attached to an aromatic ring is 1. The number of nitrogens with two attached hydrogens (primary N) is 1. The van der Waals surface area contributed by atoms with Gasteiger partial charge in [-0.2, -0.15) is 15.1 Å². The third kappa shape index (κ3) is 3.31. The maximum Gasteiger partial charge on any atom is 0.241 e. The predicted octanol–water partition coefficient (Wildman–Crippen LogP) is -1.01. The normalized spacial score (nSPS) is 11.7. The lowest BCUT2D eigenvalue weighted by molar-refractivity contribution is 0.584. The van der Waals surface area contributed by atoms with Crippen molar-refractivity contribution in [3.63, 3.8) is 0 Å². The number of nitrogens with zero attached hydrogens (tertiary/aromatic N) is 3. The second-order valence-electron chi connectivity index (χ2n) is 3.92. The summed E-state index contributed by atoms with van der Waals surface area (Å²) < 4.78 is 25.5. The van der Waals surface area contributed by atoms with E-state index in [1.807, 2.05) is 0 Å². The van der Waals surface area contributed by atoms with Crippen LogP contribution in [0.25, 0.3) is 11.0 Å². The summed E-state index contributed by atoms with van der Waals surface area (Å²) in [5, 5.41) is 10.1. The van der Waals surface area contributed by atoms with E-state index in [1.165, 1.54) is 0 Å². The smallest absolute Gasteiger partial charge is 0.241 e. The van der Waals surface area contributed by atoms with Crippen LogP contribution in [0.4, 0.5) is 11.8 Å². The van der Waals surface area contributed by atoms with Crippen molar-refractivity contribution in [3.8, 4) is 0 Å². The Labute approximate surface area is 115 Å². The summed E-state index contributed by atoms with van der Waals surface area (Å²) in [6, 6.07) is 0. The molecule has 0 saturated heterocycles. The number of aromatic nitrogens is 4. The van der Waals surface area contributed by atoms with Crippen LogP contribution < -0.4 is 21.3 Å². The van der Waals surface area contributed by atoms with E-state index in [2.05, 4.69) is 35.6 Å². The molecular formula is C9H16N8O2S. The van der Waals surface area contributed by atoms with Crippen molar-refractivity contribution in [2.24, 2.45) is 5.84 Å². The molecule has 2 heterocycles. The number of sulfonamides is 1. The Kier molecular flexibility index (Phi) is 4.32. The van der Waals surface area contributed by atoms with Crippen molar-refractivity contribution in [2.45, 2.75) is 6.92 Å². The molecule has 0 amide bonds. The number of hydrogen-bond acceptors (Lipinski definition) is 8. The Morgan fingerprint density at radius 1 is 1.40 bits per heavy atom. The SMILES string of the molecule is CCNS(=O)(=O)CCNc1nc(NN)nc2[nH]ncc12. The lowest BCUT2D eigenvalue weighted by Gasteiger charge is -2.08. The number of fused-ring (bicyclic) bond motifs is 1. The van der Waals surface area contributed by atoms with Gasteiger partial charge in [0.1, 0.15) is 5.82 Å². The molecule has 110 valence electrons. The highest BCUT2D eigenvalue weighted by Gasteiger charge is 2.11. The minimum atomic E-state index is -3.28. The van der Waals surface area contributed by atoms with E-state index < -0.39 is 10.0 Å². The zero-order valence-electron chi connectivity index (χ0n) is 10.8. The van der Waals surface area contributed by atoms with Crippen molar-refractivity contribution >= 4 is 32.8 Å². The summed E-state index contributed by atoms with van der Waals surface area (Å²) in [6.45, 7) is 2.29. The molecule has 0 aliphatic heterocycles. The number of aromatic amines is 1. The molecule has 2 aromatic rings. The fourth-order valence-electron chi connectivity index (χ4n) is 1.63. The number of hydrazine groups is 1. The van der Waals surface area contributed by atoms with Gasteiger partial charge in [0.15, 0.2) is 5.65 Å². The topological polar surface area (TPSA) is 151 Å². The summed E-state index contributed by atoms with van der Waals surface area (Å²) in [6.07, 6.45) is 1.55. The van der Waals surface area contributed by atoms with Gasteiger partial charge in [-0.3, -0.25) is 10.5 Å². The Morgan fingerprint density at radius 2 is 2.20 bits per heavy atom. The van der Waals surface area contributed by atoms with E-state index in [4.69, 9.17) is 5.84 Å². The molecule has 0 saturated carbocycles. The van der Waals surface area contributed by atoms with Crippen LogP contribution in [-0.2, 0) is 10.0 Å². The van der Waals surface area contributed by atoms with Crippen molar-refractivity contribution < 1.29 is 8.42 Å². The minimum Gasteiger partial charge on any atom is -0.368 e. The van der Waals surface area contributed by atoms with Crippen molar-refractivity contribution in [2.75, 3.05) is 29.6 Å². The van der Waals surface area contributed by atoms with Gasteiger partial charge in [-0.15, -0.1) is 0 Å². The molecule has 0 aromatic carbocycles. The molecule has 0 aliphatic rings. The van der Waals surface area contributed by atoms with Crippen LogP contribution in [0, 0.1) is 0 Å². The minimum absolute atomic E-state index is 0.0599. The number of rotatable bonds is 7. The van der Waals surface area contributed by atoms with E-state index in [0.717, 1.165) is 0 Å². The third-order valence-electron chi connectivity index (χ3n) is 2.47. The summed E-state index contributed by atoms with van der Waals surface area (Å²) >= 11 is 0. The van der Waals surface area contributed by atoms with Crippen LogP contribution >= 0.6 is 0 Å². The lowest BCUT2D eigenvalue weighted by atomic mass is 10.4. The summed E-state index contributed by atoms with van der Waals surface area (Å²) in [7, 11) is -3.28. The molecule has 6 N–H and O–H groups in total. The Morgan fingerprint density at radius 3 is 2.90 bits per heavy atom. The molecule has 11 heteroatoms. The predicted molar refractivity (Wildman–Crippen MR) is 75.4 cm³/mol. The highest BCUT2D eigenvalue weighted by molar-refractivity contribution is 7.89. The number of hydrogen-bond donors (Lipinski definition) is 5. The molecule has 0 bridgehead atoms. The van der Waals surface area contributed by atoms with Crippen LogP contribution in [0.15, 0.2) is 6.20 Å². The molecule has 2 rings (SSSR count). The van der Waals surface area contributed by atoms with Gasteiger partial charge in [0, 0.05) is 13.1 Å². The van der Waals surface area contributed by atoms with Crippen LogP contribution in [0.3, 0.4) is 0 Å². The molecule has 0 aliphatic carbocycles. The summed E-state index contributed by atoms with van der Waals surface area (Å²) in [5.41, 5.74) is 2.84. The van der Waals surface area contributed by atoms with Gasteiger partial charge in [-0.1, -0.05) is 6.92 Å². The van der Waals surface area contributed by atoms with Gasteiger partial charge in [0.2, 0.25) is 16.0 Å². The molecule has 2 aromatic heterocycles. The van der Waals surface area contributed by atoms with E-state index in [-0.39, 0.29) is 18.2 Å². The molecular weight excluding hydrogens is 284 g/mol. The van der Waals surface area contributed by atoms with Gasteiger partial charge in [0.25, 0.3) is 0 Å². The highest BCUT2D eigenvalue weighted by Crippen LogP contribution is 2.19. The van der Waals surface area contributed by atoms with E-state index >= 15 is 0 Å². The molecule has 0 spiro atoms. The van der Waals surface area contributed by atoms with Crippen LogP contribution in [-0.4, -0.2) is 47.4 Å². The third-order valence-corrected chi connectivity index (χ3v) is 3.94. The standard InChI is InChI=1S/C9H16N8O2S/c1-2-13-20(18,19)4-3-11-7-6-5-12-17-8(6)15-9(14-7)16-10/h5,13H,2-4,10H2,1H3,(H3,11,12,14,15,16,17). The highest BCUT2D eigenvalue weighted by atomic mass is 32.2. The Hall–Kier alpha value is -1.98. The first kappa shape index (κ1) is 14.4. The molecule has 20 heavy (non-hydrogen) atoms. The van der Waals surface area contributed by atoms with E-state index in [1.54, 1.807) is 13.1 Å². The fourth-order valence-corrected chi connectivity index (χ4v) is 2.59. The van der Waals surface area contributed by atoms with Crippen molar-refractivity contribution in [3.05, 3.63) is 6.20 Å². The van der Waals surface area contributed by atoms with Crippen molar-refractivity contribution in [1.82, 2.24) is 24.9 Å². The first-order chi connectivity index (χ1) is 9.55. The molecule has 0 unspecified atom stereocenters. The van der Waals surface area contributed by atoms with Crippen LogP contribution in [0.2, 0.25) is 0 Å². The number of nitrogens with one attached hydrogen (secondary N) is 4. The first-order valence-electron chi connectivity index (χ1n) is 5.94. The van der Waals surface area contributed by atoms with Gasteiger partial charge in [-0.05, 0) is 0 Å². The molecule has 0 fully saturated rings. The molecule has 0 atom stereocenters. The van der Waals surface area contributed by atoms with Crippen LogP contribution in [0.1, 0.15) is 6.92 Å². The maximum absolute atomic E-state index is 11.5. The van der Waals surface area contributed by atoms with E-state index in [9.17, 15) is 8.42 Å². The van der Waals surface area contributed by atoms with Gasteiger partial charge >= 0.3 is 0 Å². The monoisotopic (exact) mass is 300 g/mol.